The van der Waals surface area contributed by atoms with E-state index in [0.717, 1.165) is 22.2 Å². The first kappa shape index (κ1) is 32.2. The summed E-state index contributed by atoms with van der Waals surface area (Å²) in [5.41, 5.74) is 5.37. The molecule has 1 aliphatic heterocycles. The summed E-state index contributed by atoms with van der Waals surface area (Å²) in [6.07, 6.45) is -0.586. The number of rotatable bonds is 10. The Bertz CT molecular complexity index is 1820. The van der Waals surface area contributed by atoms with Crippen molar-refractivity contribution >= 4 is 22.6 Å². The van der Waals surface area contributed by atoms with E-state index in [9.17, 15) is 20.1 Å². The van der Waals surface area contributed by atoms with Crippen molar-refractivity contribution in [3.05, 3.63) is 131 Å². The van der Waals surface area contributed by atoms with Crippen LogP contribution in [0.4, 0.5) is 5.69 Å². The molecule has 0 unspecified atom stereocenters. The number of fused-ring (bicyclic) bond motifs is 1. The van der Waals surface area contributed by atoms with Gasteiger partial charge in [-0.3, -0.25) is 9.78 Å². The number of likely N-dealkylation sites (N-methyl/N-ethyl adjacent to an activating group) is 1. The third kappa shape index (κ3) is 7.65. The summed E-state index contributed by atoms with van der Waals surface area (Å²) in [7, 11) is 1.93. The maximum atomic E-state index is 12.9. The Kier molecular flexibility index (Phi) is 9.86. The summed E-state index contributed by atoms with van der Waals surface area (Å²) < 4.78 is 13.1. The number of nitrogens with zero attached hydrogens (tertiary/aromatic N) is 3. The molecule has 1 aliphatic rings. The van der Waals surface area contributed by atoms with Crippen LogP contribution in [0.1, 0.15) is 58.2 Å². The number of carbonyl (C=O) groups is 1. The van der Waals surface area contributed by atoms with Crippen molar-refractivity contribution in [1.29, 1.82) is 0 Å². The van der Waals surface area contributed by atoms with Gasteiger partial charge in [0.15, 0.2) is 6.29 Å². The van der Waals surface area contributed by atoms with Crippen molar-refractivity contribution in [1.82, 2.24) is 14.9 Å². The van der Waals surface area contributed by atoms with Crippen molar-refractivity contribution in [2.24, 2.45) is 5.92 Å². The molecular weight excluding hydrogens is 596 g/mol. The van der Waals surface area contributed by atoms with E-state index in [1.165, 1.54) is 6.20 Å². The average Bonchev–Trinajstić information content (AvgIpc) is 3.09. The molecule has 0 radical (unpaired) electrons. The molecule has 0 aliphatic carbocycles. The van der Waals surface area contributed by atoms with Gasteiger partial charge >= 0.3 is 0 Å². The fourth-order valence-corrected chi connectivity index (χ4v) is 5.83. The van der Waals surface area contributed by atoms with Crippen LogP contribution in [0.2, 0.25) is 0 Å². The third-order valence-corrected chi connectivity index (χ3v) is 8.48. The number of para-hydroxylation sites is 2. The van der Waals surface area contributed by atoms with Gasteiger partial charge in [0, 0.05) is 30.3 Å². The van der Waals surface area contributed by atoms with Gasteiger partial charge in [0.25, 0.3) is 5.91 Å². The van der Waals surface area contributed by atoms with Crippen molar-refractivity contribution < 1.29 is 29.6 Å². The van der Waals surface area contributed by atoms with Gasteiger partial charge in [0.1, 0.15) is 11.4 Å². The number of hydrogen-bond acceptors (Lipinski definition) is 9. The number of aromatic hydroxyl groups is 1. The second kappa shape index (κ2) is 14.4. The van der Waals surface area contributed by atoms with Gasteiger partial charge in [-0.15, -0.1) is 0 Å². The first-order valence-electron chi connectivity index (χ1n) is 15.6. The maximum Gasteiger partial charge on any atom is 0.275 e. The van der Waals surface area contributed by atoms with E-state index in [4.69, 9.17) is 9.47 Å². The second-order valence-corrected chi connectivity index (χ2v) is 12.0. The zero-order chi connectivity index (χ0) is 32.9. The van der Waals surface area contributed by atoms with Crippen LogP contribution >= 0.6 is 0 Å². The lowest BCUT2D eigenvalue weighted by atomic mass is 9.90. The minimum atomic E-state index is -0.789. The zero-order valence-corrected chi connectivity index (χ0v) is 26.2. The quantitative estimate of drug-likeness (QED) is 0.156. The van der Waals surface area contributed by atoms with Gasteiger partial charge < -0.3 is 35.0 Å². The maximum absolute atomic E-state index is 12.9. The van der Waals surface area contributed by atoms with E-state index < -0.39 is 12.4 Å². The van der Waals surface area contributed by atoms with Gasteiger partial charge in [-0.25, -0.2) is 4.98 Å². The number of amides is 1. The molecule has 6 rings (SSSR count). The first-order chi connectivity index (χ1) is 22.8. The molecule has 4 aromatic carbocycles. The highest BCUT2D eigenvalue weighted by Crippen LogP contribution is 2.42. The molecule has 10 nitrogen and oxygen atoms in total. The number of hydrogen-bond donors (Lipinski definition) is 4. The van der Waals surface area contributed by atoms with Crippen LogP contribution in [0.15, 0.2) is 103 Å². The number of carbonyl (C=O) groups excluding carboxylic acids is 1. The van der Waals surface area contributed by atoms with Crippen molar-refractivity contribution in [2.45, 2.75) is 38.1 Å². The number of nitrogens with one attached hydrogen (secondary N) is 1. The van der Waals surface area contributed by atoms with Crippen molar-refractivity contribution in [2.75, 3.05) is 25.5 Å². The summed E-state index contributed by atoms with van der Waals surface area (Å²) in [5, 5.41) is 33.1. The topological polar surface area (TPSA) is 137 Å². The smallest absolute Gasteiger partial charge is 0.275 e. The second-order valence-electron chi connectivity index (χ2n) is 12.0. The molecular formula is C37H38N4O6. The minimum absolute atomic E-state index is 0.0433. The van der Waals surface area contributed by atoms with Gasteiger partial charge in [-0.05, 0) is 60.1 Å². The number of aliphatic hydroxyl groups is 2. The predicted molar refractivity (Wildman–Crippen MR) is 177 cm³/mol. The van der Waals surface area contributed by atoms with Crippen LogP contribution < -0.4 is 5.32 Å². The van der Waals surface area contributed by atoms with Crippen LogP contribution in [0.5, 0.6) is 5.75 Å². The molecule has 1 aromatic heterocycles. The van der Waals surface area contributed by atoms with E-state index in [-0.39, 0.29) is 42.1 Å². The largest absolute Gasteiger partial charge is 0.508 e. The Hall–Kier alpha value is -4.71. The highest BCUT2D eigenvalue weighted by atomic mass is 16.7. The summed E-state index contributed by atoms with van der Waals surface area (Å²) in [4.78, 5) is 23.7. The SMILES string of the molecule is C[C@H]1[C@@H](CN(C)C[C@@H](O)c2cccc(O)c2)O[C@@H](c2ccc(NC(=O)c3cnc4ccccc4n3)cc2)O[C@H]1c1ccc(CO)cc1. The molecule has 5 aromatic rings. The molecule has 0 saturated carbocycles. The molecule has 1 amide bonds. The molecule has 47 heavy (non-hydrogen) atoms. The van der Waals surface area contributed by atoms with E-state index in [1.807, 2.05) is 72.6 Å². The molecule has 5 atom stereocenters. The Morgan fingerprint density at radius 3 is 2.38 bits per heavy atom. The lowest BCUT2D eigenvalue weighted by Gasteiger charge is -2.42. The molecule has 242 valence electrons. The van der Waals surface area contributed by atoms with Crippen LogP contribution in [-0.2, 0) is 16.1 Å². The number of benzene rings is 4. The van der Waals surface area contributed by atoms with Gasteiger partial charge in [-0.1, -0.05) is 67.6 Å². The van der Waals surface area contributed by atoms with Gasteiger partial charge in [-0.2, -0.15) is 0 Å². The van der Waals surface area contributed by atoms with E-state index in [2.05, 4.69) is 22.2 Å². The molecule has 0 spiro atoms. The summed E-state index contributed by atoms with van der Waals surface area (Å²) >= 11 is 0. The Morgan fingerprint density at radius 2 is 1.66 bits per heavy atom. The number of phenols is 1. The lowest BCUT2D eigenvalue weighted by molar-refractivity contribution is -0.276. The van der Waals surface area contributed by atoms with Crippen molar-refractivity contribution in [3.8, 4) is 5.75 Å². The Morgan fingerprint density at radius 1 is 0.936 bits per heavy atom. The fourth-order valence-electron chi connectivity index (χ4n) is 5.83. The molecule has 1 saturated heterocycles. The molecule has 4 N–H and O–H groups in total. The third-order valence-electron chi connectivity index (χ3n) is 8.48. The summed E-state index contributed by atoms with van der Waals surface area (Å²) in [5.74, 6) is -0.304. The van der Waals surface area contributed by atoms with E-state index in [0.29, 0.717) is 29.9 Å². The summed E-state index contributed by atoms with van der Waals surface area (Å²) in [6, 6.07) is 29.1. The molecule has 2 heterocycles. The standard InChI is InChI=1S/C37H38N4O6/c1-23-34(21-41(2)20-33(44)27-6-5-7-29(43)18-27)46-37(47-35(23)25-12-10-24(22-42)11-13-25)26-14-16-28(17-15-26)39-36(45)32-19-38-30-8-3-4-9-31(30)40-32/h3-19,23,33-35,37,42-44H,20-22H2,1-2H3,(H,39,45)/t23-,33+,34+,35+,37+/m0/s1. The molecule has 0 bridgehead atoms. The van der Waals surface area contributed by atoms with E-state index in [1.54, 1.807) is 36.4 Å². The highest BCUT2D eigenvalue weighted by molar-refractivity contribution is 6.03. The fraction of sp³-hybridized carbons (Fsp3) is 0.270. The highest BCUT2D eigenvalue weighted by Gasteiger charge is 2.39. The van der Waals surface area contributed by atoms with Crippen LogP contribution in [0.25, 0.3) is 11.0 Å². The monoisotopic (exact) mass is 634 g/mol. The Labute approximate surface area is 273 Å². The predicted octanol–water partition coefficient (Wildman–Crippen LogP) is 5.54. The first-order valence-corrected chi connectivity index (χ1v) is 15.6. The lowest BCUT2D eigenvalue weighted by Crippen LogP contribution is -2.44. The van der Waals surface area contributed by atoms with Gasteiger partial charge in [0.2, 0.25) is 0 Å². The van der Waals surface area contributed by atoms with Gasteiger partial charge in [0.05, 0.1) is 42.1 Å². The number of aliphatic hydroxyl groups excluding tert-OH is 2. The van der Waals surface area contributed by atoms with E-state index >= 15 is 0 Å². The molecule has 10 heteroatoms. The number of phenolic OH excluding ortho intramolecular Hbond substituents is 1. The van der Waals surface area contributed by atoms with Crippen molar-refractivity contribution in [3.63, 3.8) is 0 Å². The average molecular weight is 635 g/mol. The number of aromatic nitrogens is 2. The number of ether oxygens (including phenoxy) is 2. The van der Waals surface area contributed by atoms with Crippen LogP contribution in [0.3, 0.4) is 0 Å². The Balaban J connectivity index is 1.18. The summed E-state index contributed by atoms with van der Waals surface area (Å²) in [6.45, 7) is 2.90. The normalized spacial score (nSPS) is 20.3. The van der Waals surface area contributed by atoms with Crippen LogP contribution in [0, 0.1) is 5.92 Å². The van der Waals surface area contributed by atoms with Crippen LogP contribution in [-0.4, -0.2) is 62.3 Å². The number of anilines is 1. The minimum Gasteiger partial charge on any atom is -0.508 e. The zero-order valence-electron chi connectivity index (χ0n) is 26.2. The molecule has 1 fully saturated rings.